The summed E-state index contributed by atoms with van der Waals surface area (Å²) < 4.78 is 0. The molecular weight excluding hydrogens is 278 g/mol. The van der Waals surface area contributed by atoms with Crippen LogP contribution in [0.2, 0.25) is 0 Å². The topological polar surface area (TPSA) is 37.8 Å². The van der Waals surface area contributed by atoms with Gasteiger partial charge in [-0.05, 0) is 56.3 Å². The van der Waals surface area contributed by atoms with E-state index in [1.165, 1.54) is 48.5 Å². The third-order valence-corrected chi connectivity index (χ3v) is 7.08. The monoisotopic (exact) mass is 305 g/mol. The SMILES string of the molecule is CC(C)NCCc1nnc(C23CC4CC(CC(C4)C2)C3)s1. The first kappa shape index (κ1) is 14.1. The number of rotatable bonds is 5. The van der Waals surface area contributed by atoms with Gasteiger partial charge in [0.15, 0.2) is 0 Å². The fourth-order valence-corrected chi connectivity index (χ4v) is 6.47. The van der Waals surface area contributed by atoms with Gasteiger partial charge in [0.2, 0.25) is 0 Å². The molecule has 4 heteroatoms. The van der Waals surface area contributed by atoms with E-state index in [4.69, 9.17) is 0 Å². The average Bonchev–Trinajstić information content (AvgIpc) is 2.86. The van der Waals surface area contributed by atoms with E-state index in [1.54, 1.807) is 0 Å². The minimum Gasteiger partial charge on any atom is -0.314 e. The van der Waals surface area contributed by atoms with E-state index in [0.29, 0.717) is 11.5 Å². The number of aromatic nitrogens is 2. The molecule has 1 heterocycles. The first-order valence-electron chi connectivity index (χ1n) is 8.69. The summed E-state index contributed by atoms with van der Waals surface area (Å²) >= 11 is 1.91. The molecule has 3 nitrogen and oxygen atoms in total. The fraction of sp³-hybridized carbons (Fsp3) is 0.882. The lowest BCUT2D eigenvalue weighted by molar-refractivity contribution is -0.00555. The molecule has 0 amide bonds. The van der Waals surface area contributed by atoms with Crippen molar-refractivity contribution in [1.29, 1.82) is 0 Å². The highest BCUT2D eigenvalue weighted by atomic mass is 32.1. The second kappa shape index (κ2) is 5.31. The first-order valence-corrected chi connectivity index (χ1v) is 9.51. The summed E-state index contributed by atoms with van der Waals surface area (Å²) in [6.45, 7) is 5.41. The van der Waals surface area contributed by atoms with E-state index in [9.17, 15) is 0 Å². The van der Waals surface area contributed by atoms with Gasteiger partial charge in [-0.3, -0.25) is 0 Å². The van der Waals surface area contributed by atoms with Gasteiger partial charge in [0, 0.05) is 24.4 Å². The van der Waals surface area contributed by atoms with Gasteiger partial charge < -0.3 is 5.32 Å². The summed E-state index contributed by atoms with van der Waals surface area (Å²) in [5.41, 5.74) is 0.427. The number of nitrogens with zero attached hydrogens (tertiary/aromatic N) is 2. The van der Waals surface area contributed by atoms with Gasteiger partial charge >= 0.3 is 0 Å². The maximum absolute atomic E-state index is 4.64. The molecule has 4 fully saturated rings. The van der Waals surface area contributed by atoms with Crippen LogP contribution in [0.3, 0.4) is 0 Å². The molecule has 1 aromatic heterocycles. The van der Waals surface area contributed by atoms with Crippen molar-refractivity contribution in [1.82, 2.24) is 15.5 Å². The van der Waals surface area contributed by atoms with Gasteiger partial charge in [-0.15, -0.1) is 21.5 Å². The summed E-state index contributed by atoms with van der Waals surface area (Å²) in [4.78, 5) is 0. The van der Waals surface area contributed by atoms with Crippen molar-refractivity contribution in [3.8, 4) is 0 Å². The van der Waals surface area contributed by atoms with Gasteiger partial charge in [-0.2, -0.15) is 0 Å². The summed E-state index contributed by atoms with van der Waals surface area (Å²) in [7, 11) is 0. The van der Waals surface area contributed by atoms with E-state index in [-0.39, 0.29) is 0 Å². The Kier molecular flexibility index (Phi) is 3.57. The van der Waals surface area contributed by atoms with Crippen LogP contribution in [0.5, 0.6) is 0 Å². The summed E-state index contributed by atoms with van der Waals surface area (Å²) in [5.74, 6) is 2.98. The van der Waals surface area contributed by atoms with Crippen molar-refractivity contribution in [2.24, 2.45) is 17.8 Å². The summed E-state index contributed by atoms with van der Waals surface area (Å²) in [6.07, 6.45) is 9.74. The van der Waals surface area contributed by atoms with Crippen LogP contribution in [0, 0.1) is 17.8 Å². The zero-order chi connectivity index (χ0) is 14.4. The third-order valence-electron chi connectivity index (χ3n) is 5.85. The number of hydrogen-bond donors (Lipinski definition) is 1. The summed E-state index contributed by atoms with van der Waals surface area (Å²) in [6, 6.07) is 0.556. The van der Waals surface area contributed by atoms with Crippen molar-refractivity contribution in [2.45, 2.75) is 70.3 Å². The highest BCUT2D eigenvalue weighted by Gasteiger charge is 2.53. The quantitative estimate of drug-likeness (QED) is 0.904. The minimum absolute atomic E-state index is 0.427. The van der Waals surface area contributed by atoms with Crippen molar-refractivity contribution >= 4 is 11.3 Å². The molecule has 4 aliphatic carbocycles. The van der Waals surface area contributed by atoms with E-state index in [2.05, 4.69) is 29.4 Å². The zero-order valence-corrected chi connectivity index (χ0v) is 14.1. The van der Waals surface area contributed by atoms with Crippen molar-refractivity contribution in [3.63, 3.8) is 0 Å². The number of hydrogen-bond acceptors (Lipinski definition) is 4. The Bertz CT molecular complexity index is 473. The van der Waals surface area contributed by atoms with Crippen LogP contribution in [-0.4, -0.2) is 22.8 Å². The van der Waals surface area contributed by atoms with Gasteiger partial charge in [-0.1, -0.05) is 13.8 Å². The Morgan fingerprint density at radius 2 is 1.71 bits per heavy atom. The van der Waals surface area contributed by atoms with Gasteiger partial charge in [-0.25, -0.2) is 0 Å². The van der Waals surface area contributed by atoms with Crippen molar-refractivity contribution in [2.75, 3.05) is 6.54 Å². The largest absolute Gasteiger partial charge is 0.314 e. The third kappa shape index (κ3) is 2.65. The van der Waals surface area contributed by atoms with E-state index in [1.807, 2.05) is 11.3 Å². The van der Waals surface area contributed by atoms with Gasteiger partial charge in [0.25, 0.3) is 0 Å². The van der Waals surface area contributed by atoms with E-state index < -0.39 is 0 Å². The normalized spacial score (nSPS) is 37.6. The lowest BCUT2D eigenvalue weighted by Gasteiger charge is -2.55. The van der Waals surface area contributed by atoms with E-state index in [0.717, 1.165) is 30.7 Å². The molecule has 4 aliphatic rings. The maximum atomic E-state index is 4.64. The van der Waals surface area contributed by atoms with Crippen molar-refractivity contribution in [3.05, 3.63) is 10.0 Å². The Hall–Kier alpha value is -0.480. The molecule has 1 N–H and O–H groups in total. The molecule has 21 heavy (non-hydrogen) atoms. The Labute approximate surface area is 131 Å². The molecule has 0 saturated heterocycles. The van der Waals surface area contributed by atoms with E-state index >= 15 is 0 Å². The van der Waals surface area contributed by atoms with Crippen molar-refractivity contribution < 1.29 is 0 Å². The second-order valence-electron chi connectivity index (χ2n) is 8.06. The van der Waals surface area contributed by atoms with Crippen LogP contribution >= 0.6 is 11.3 Å². The first-order chi connectivity index (χ1) is 10.1. The minimum atomic E-state index is 0.427. The summed E-state index contributed by atoms with van der Waals surface area (Å²) in [5, 5.41) is 15.2. The highest BCUT2D eigenvalue weighted by Crippen LogP contribution is 2.60. The highest BCUT2D eigenvalue weighted by molar-refractivity contribution is 7.11. The van der Waals surface area contributed by atoms with Crippen LogP contribution < -0.4 is 5.32 Å². The molecule has 4 saturated carbocycles. The standard InChI is InChI=1S/C17H27N3S/c1-11(2)18-4-3-15-19-20-16(21-15)17-8-12-5-13(9-17)7-14(6-12)10-17/h11-14,18H,3-10H2,1-2H3. The van der Waals surface area contributed by atoms with Gasteiger partial charge in [0.1, 0.15) is 10.0 Å². The predicted molar refractivity (Wildman–Crippen MR) is 86.6 cm³/mol. The van der Waals surface area contributed by atoms with Crippen LogP contribution in [0.4, 0.5) is 0 Å². The molecule has 5 rings (SSSR count). The second-order valence-corrected chi connectivity index (χ2v) is 9.12. The van der Waals surface area contributed by atoms with Crippen LogP contribution in [-0.2, 0) is 11.8 Å². The number of nitrogens with one attached hydrogen (secondary N) is 1. The van der Waals surface area contributed by atoms with Crippen LogP contribution in [0.15, 0.2) is 0 Å². The molecule has 0 aromatic carbocycles. The van der Waals surface area contributed by atoms with Crippen LogP contribution in [0.25, 0.3) is 0 Å². The molecule has 0 atom stereocenters. The molecule has 0 spiro atoms. The average molecular weight is 305 g/mol. The molecule has 0 radical (unpaired) electrons. The molecule has 0 aliphatic heterocycles. The predicted octanol–water partition coefficient (Wildman–Crippen LogP) is 3.55. The van der Waals surface area contributed by atoms with Gasteiger partial charge in [0.05, 0.1) is 0 Å². The smallest absolute Gasteiger partial charge is 0.123 e. The zero-order valence-electron chi connectivity index (χ0n) is 13.3. The van der Waals surface area contributed by atoms with Crippen LogP contribution in [0.1, 0.15) is 62.4 Å². The maximum Gasteiger partial charge on any atom is 0.123 e. The molecule has 1 aromatic rings. The fourth-order valence-electron chi connectivity index (χ4n) is 5.41. The molecule has 0 unspecified atom stereocenters. The Morgan fingerprint density at radius 3 is 2.29 bits per heavy atom. The molecule has 4 bridgehead atoms. The molecule has 116 valence electrons. The molecular formula is C17H27N3S. The Balaban J connectivity index is 1.48. The Morgan fingerprint density at radius 1 is 1.10 bits per heavy atom. The lowest BCUT2D eigenvalue weighted by atomic mass is 9.50. The lowest BCUT2D eigenvalue weighted by Crippen LogP contribution is -2.48.